The second kappa shape index (κ2) is 6.22. The zero-order valence-electron chi connectivity index (χ0n) is 13.3. The first-order valence-corrected chi connectivity index (χ1v) is 7.57. The summed E-state index contributed by atoms with van der Waals surface area (Å²) in [5, 5.41) is 7.46. The van der Waals surface area contributed by atoms with Crippen molar-refractivity contribution in [2.45, 2.75) is 59.1 Å². The molecular formula is C15H27N3O2. The number of hydrogen-bond donors (Lipinski definition) is 1. The summed E-state index contributed by atoms with van der Waals surface area (Å²) in [6.07, 6.45) is 3.17. The van der Waals surface area contributed by atoms with E-state index in [0.29, 0.717) is 30.3 Å². The van der Waals surface area contributed by atoms with Crippen LogP contribution in [0.2, 0.25) is 0 Å². The van der Waals surface area contributed by atoms with E-state index in [9.17, 15) is 0 Å². The summed E-state index contributed by atoms with van der Waals surface area (Å²) in [7, 11) is 1.97. The lowest BCUT2D eigenvalue weighted by Gasteiger charge is -2.29. The van der Waals surface area contributed by atoms with E-state index >= 15 is 0 Å². The maximum atomic E-state index is 5.76. The highest BCUT2D eigenvalue weighted by atomic mass is 16.5. The molecule has 5 nitrogen and oxygen atoms in total. The molecule has 0 radical (unpaired) electrons. The topological polar surface area (TPSA) is 60.2 Å². The largest absolute Gasteiger partial charge is 0.370 e. The van der Waals surface area contributed by atoms with Gasteiger partial charge in [0.2, 0.25) is 11.7 Å². The van der Waals surface area contributed by atoms with Gasteiger partial charge in [0.05, 0.1) is 0 Å². The van der Waals surface area contributed by atoms with Gasteiger partial charge in [0, 0.05) is 19.1 Å². The van der Waals surface area contributed by atoms with Gasteiger partial charge >= 0.3 is 0 Å². The van der Waals surface area contributed by atoms with Crippen LogP contribution in [-0.2, 0) is 11.2 Å². The van der Waals surface area contributed by atoms with Gasteiger partial charge in [0.25, 0.3) is 0 Å². The van der Waals surface area contributed by atoms with Crippen molar-refractivity contribution < 1.29 is 9.26 Å². The molecule has 2 atom stereocenters. The Balaban J connectivity index is 2.04. The average Bonchev–Trinajstić information content (AvgIpc) is 3.11. The lowest BCUT2D eigenvalue weighted by Crippen LogP contribution is -2.39. The van der Waals surface area contributed by atoms with E-state index in [1.54, 1.807) is 0 Å². The molecule has 0 amide bonds. The summed E-state index contributed by atoms with van der Waals surface area (Å²) < 4.78 is 11.2. The first-order valence-electron chi connectivity index (χ1n) is 7.57. The van der Waals surface area contributed by atoms with Gasteiger partial charge in [-0.15, -0.1) is 0 Å². The molecule has 1 fully saturated rings. The summed E-state index contributed by atoms with van der Waals surface area (Å²) in [5.41, 5.74) is 0.152. The Kier molecular flexibility index (Phi) is 4.81. The van der Waals surface area contributed by atoms with Crippen LogP contribution >= 0.6 is 0 Å². The van der Waals surface area contributed by atoms with Crippen molar-refractivity contribution in [1.82, 2.24) is 15.5 Å². The van der Waals surface area contributed by atoms with Crippen LogP contribution in [0.4, 0.5) is 0 Å². The average molecular weight is 281 g/mol. The lowest BCUT2D eigenvalue weighted by atomic mass is 9.85. The zero-order valence-corrected chi connectivity index (χ0v) is 13.3. The van der Waals surface area contributed by atoms with Crippen LogP contribution in [0.3, 0.4) is 0 Å². The summed E-state index contributed by atoms with van der Waals surface area (Å²) >= 11 is 0. The number of likely N-dealkylation sites (N-methyl/N-ethyl adjacent to an activating group) is 1. The number of aromatic nitrogens is 2. The van der Waals surface area contributed by atoms with Crippen molar-refractivity contribution in [2.75, 3.05) is 13.7 Å². The van der Waals surface area contributed by atoms with E-state index in [2.05, 4.69) is 36.2 Å². The molecule has 1 N–H and O–H groups in total. The minimum absolute atomic E-state index is 0.0140. The Morgan fingerprint density at radius 2 is 2.10 bits per heavy atom. The lowest BCUT2D eigenvalue weighted by molar-refractivity contribution is 0.0384. The summed E-state index contributed by atoms with van der Waals surface area (Å²) in [6, 6.07) is 0.308. The third kappa shape index (κ3) is 3.79. The highest BCUT2D eigenvalue weighted by Crippen LogP contribution is 2.42. The van der Waals surface area contributed by atoms with Crippen molar-refractivity contribution in [1.29, 1.82) is 0 Å². The van der Waals surface area contributed by atoms with Crippen LogP contribution in [0.25, 0.3) is 0 Å². The number of nitrogens with one attached hydrogen (secondary N) is 1. The highest BCUT2D eigenvalue weighted by molar-refractivity contribution is 5.00. The molecule has 20 heavy (non-hydrogen) atoms. The summed E-state index contributed by atoms with van der Waals surface area (Å²) in [5.74, 6) is 1.98. The van der Waals surface area contributed by atoms with Crippen molar-refractivity contribution in [3.8, 4) is 0 Å². The second-order valence-corrected chi connectivity index (χ2v) is 6.67. The molecule has 0 spiro atoms. The van der Waals surface area contributed by atoms with Gasteiger partial charge < -0.3 is 14.6 Å². The first kappa shape index (κ1) is 15.4. The zero-order chi connectivity index (χ0) is 14.8. The number of hydrogen-bond acceptors (Lipinski definition) is 5. The third-order valence-electron chi connectivity index (χ3n) is 3.91. The van der Waals surface area contributed by atoms with E-state index in [1.807, 2.05) is 14.0 Å². The molecular weight excluding hydrogens is 254 g/mol. The van der Waals surface area contributed by atoms with E-state index in [0.717, 1.165) is 6.42 Å². The summed E-state index contributed by atoms with van der Waals surface area (Å²) in [6.45, 7) is 9.31. The molecule has 1 saturated carbocycles. The maximum absolute atomic E-state index is 5.76. The fourth-order valence-corrected chi connectivity index (χ4v) is 2.48. The maximum Gasteiger partial charge on any atom is 0.228 e. The Hall–Kier alpha value is -0.940. The highest BCUT2D eigenvalue weighted by Gasteiger charge is 2.36. The van der Waals surface area contributed by atoms with Crippen LogP contribution in [0.5, 0.6) is 0 Å². The number of ether oxygens (including phenoxy) is 1. The molecule has 0 saturated heterocycles. The minimum atomic E-state index is 0.0140. The predicted molar refractivity (Wildman–Crippen MR) is 77.4 cm³/mol. The molecule has 1 aromatic heterocycles. The molecule has 0 aromatic carbocycles. The fraction of sp³-hybridized carbons (Fsp3) is 0.867. The fourth-order valence-electron chi connectivity index (χ4n) is 2.48. The van der Waals surface area contributed by atoms with Crippen molar-refractivity contribution in [2.24, 2.45) is 11.3 Å². The molecule has 2 unspecified atom stereocenters. The van der Waals surface area contributed by atoms with Crippen molar-refractivity contribution in [3.63, 3.8) is 0 Å². The second-order valence-electron chi connectivity index (χ2n) is 6.67. The molecule has 114 valence electrons. The number of rotatable bonds is 7. The van der Waals surface area contributed by atoms with Gasteiger partial charge in [-0.2, -0.15) is 4.98 Å². The molecule has 1 aliphatic carbocycles. The van der Waals surface area contributed by atoms with Gasteiger partial charge in [0.1, 0.15) is 6.10 Å². The predicted octanol–water partition coefficient (Wildman–Crippen LogP) is 2.73. The van der Waals surface area contributed by atoms with Crippen molar-refractivity contribution >= 4 is 0 Å². The Bertz CT molecular complexity index is 421. The van der Waals surface area contributed by atoms with Gasteiger partial charge in [-0.1, -0.05) is 25.9 Å². The van der Waals surface area contributed by atoms with Gasteiger partial charge in [-0.05, 0) is 38.1 Å². The van der Waals surface area contributed by atoms with Crippen LogP contribution in [-0.4, -0.2) is 29.8 Å². The molecule has 0 aliphatic heterocycles. The normalized spacial score (nSPS) is 19.1. The van der Waals surface area contributed by atoms with Gasteiger partial charge in [0.15, 0.2) is 0 Å². The molecule has 1 heterocycles. The smallest absolute Gasteiger partial charge is 0.228 e. The third-order valence-corrected chi connectivity index (χ3v) is 3.91. The van der Waals surface area contributed by atoms with E-state index < -0.39 is 0 Å². The standard InChI is InChI=1S/C15H27N3O2/c1-6-19-13(10-7-8-10)14-17-12(20-18-14)9-11(16-5)15(2,3)4/h10-11,13,16H,6-9H2,1-5H3. The Labute approximate surface area is 121 Å². The number of nitrogens with zero attached hydrogens (tertiary/aromatic N) is 2. The van der Waals surface area contributed by atoms with Crippen LogP contribution in [0.15, 0.2) is 4.52 Å². The molecule has 0 bridgehead atoms. The summed E-state index contributed by atoms with van der Waals surface area (Å²) in [4.78, 5) is 4.55. The van der Waals surface area contributed by atoms with Crippen LogP contribution in [0.1, 0.15) is 58.4 Å². The van der Waals surface area contributed by atoms with Gasteiger partial charge in [-0.25, -0.2) is 0 Å². The minimum Gasteiger partial charge on any atom is -0.370 e. The molecule has 5 heteroatoms. The van der Waals surface area contributed by atoms with Crippen LogP contribution < -0.4 is 5.32 Å². The molecule has 1 aliphatic rings. The van der Waals surface area contributed by atoms with Crippen molar-refractivity contribution in [3.05, 3.63) is 11.7 Å². The van der Waals surface area contributed by atoms with Crippen LogP contribution in [0, 0.1) is 11.3 Å². The molecule has 1 aromatic rings. The quantitative estimate of drug-likeness (QED) is 0.832. The Morgan fingerprint density at radius 3 is 2.60 bits per heavy atom. The van der Waals surface area contributed by atoms with E-state index in [4.69, 9.17) is 9.26 Å². The first-order chi connectivity index (χ1) is 9.45. The van der Waals surface area contributed by atoms with Gasteiger partial charge in [-0.3, -0.25) is 0 Å². The monoisotopic (exact) mass is 281 g/mol. The Morgan fingerprint density at radius 1 is 1.40 bits per heavy atom. The SMILES string of the molecule is CCOC(c1noc(CC(NC)C(C)(C)C)n1)C1CC1. The van der Waals surface area contributed by atoms with E-state index in [1.165, 1.54) is 12.8 Å². The molecule has 2 rings (SSSR count). The van der Waals surface area contributed by atoms with E-state index in [-0.39, 0.29) is 11.5 Å².